The second-order valence-corrected chi connectivity index (χ2v) is 3.86. The topological polar surface area (TPSA) is 59.4 Å². The van der Waals surface area contributed by atoms with Crippen molar-refractivity contribution in [1.29, 1.82) is 0 Å². The zero-order chi connectivity index (χ0) is 12.5. The van der Waals surface area contributed by atoms with Crippen LogP contribution < -0.4 is 4.74 Å². The van der Waals surface area contributed by atoms with E-state index in [4.69, 9.17) is 5.11 Å². The van der Waals surface area contributed by atoms with Crippen molar-refractivity contribution in [2.75, 3.05) is 0 Å². The van der Waals surface area contributed by atoms with Crippen molar-refractivity contribution in [3.8, 4) is 5.75 Å². The summed E-state index contributed by atoms with van der Waals surface area (Å²) in [6.45, 7) is 1.30. The molecule has 0 amide bonds. The van der Waals surface area contributed by atoms with E-state index >= 15 is 0 Å². The van der Waals surface area contributed by atoms with Gasteiger partial charge in [-0.3, -0.25) is 0 Å². The molecule has 0 spiro atoms. The van der Waals surface area contributed by atoms with Crippen LogP contribution in [0.4, 0.5) is 13.2 Å². The molecule has 1 N–H and O–H groups in total. The molecule has 1 heterocycles. The molecule has 16 heavy (non-hydrogen) atoms. The van der Waals surface area contributed by atoms with Crippen LogP contribution in [0.5, 0.6) is 5.75 Å². The van der Waals surface area contributed by atoms with Crippen LogP contribution >= 0.6 is 22.6 Å². The van der Waals surface area contributed by atoms with Gasteiger partial charge in [-0.2, -0.15) is 0 Å². The fourth-order valence-corrected chi connectivity index (χ4v) is 1.72. The predicted octanol–water partition coefficient (Wildman–Crippen LogP) is 2.59. The highest BCUT2D eigenvalue weighted by molar-refractivity contribution is 14.1. The molecule has 4 nitrogen and oxygen atoms in total. The lowest BCUT2D eigenvalue weighted by Crippen LogP contribution is -2.20. The van der Waals surface area contributed by atoms with Gasteiger partial charge in [-0.15, -0.1) is 13.2 Å². The number of aromatic carboxylic acids is 1. The van der Waals surface area contributed by atoms with Gasteiger partial charge in [0.15, 0.2) is 0 Å². The highest BCUT2D eigenvalue weighted by Crippen LogP contribution is 2.29. The Morgan fingerprint density at radius 3 is 2.56 bits per heavy atom. The van der Waals surface area contributed by atoms with Gasteiger partial charge in [0, 0.05) is 6.07 Å². The fourth-order valence-electron chi connectivity index (χ4n) is 1.07. The fraction of sp³-hybridized carbons (Fsp3) is 0.250. The number of alkyl halides is 3. The maximum Gasteiger partial charge on any atom is 0.573 e. The van der Waals surface area contributed by atoms with Crippen molar-refractivity contribution < 1.29 is 27.8 Å². The van der Waals surface area contributed by atoms with E-state index in [1.54, 1.807) is 22.6 Å². The van der Waals surface area contributed by atoms with Crippen LogP contribution in [0.15, 0.2) is 6.07 Å². The molecule has 0 bridgehead atoms. The normalized spacial score (nSPS) is 11.3. The van der Waals surface area contributed by atoms with Crippen LogP contribution in [0.1, 0.15) is 16.1 Å². The molecule has 0 fully saturated rings. The lowest BCUT2D eigenvalue weighted by atomic mass is 10.2. The number of carboxylic acid groups (broad SMARTS) is 1. The maximum absolute atomic E-state index is 12.0. The molecular weight excluding hydrogens is 342 g/mol. The van der Waals surface area contributed by atoms with Crippen LogP contribution in [-0.2, 0) is 0 Å². The molecule has 0 aliphatic heterocycles. The Bertz CT molecular complexity index is 433. The van der Waals surface area contributed by atoms with Crippen molar-refractivity contribution in [3.63, 3.8) is 0 Å². The third-order valence-electron chi connectivity index (χ3n) is 1.57. The Morgan fingerprint density at radius 2 is 2.12 bits per heavy atom. The van der Waals surface area contributed by atoms with Gasteiger partial charge in [0.1, 0.15) is 15.0 Å². The van der Waals surface area contributed by atoms with Gasteiger partial charge in [-0.25, -0.2) is 9.78 Å². The standard InChI is InChI=1S/C8H5F3INO3/c1-3-6(7(14)15)4(2-5(12)13-3)16-8(9,10)11/h2H,1H3,(H,14,15). The van der Waals surface area contributed by atoms with E-state index in [-0.39, 0.29) is 9.39 Å². The van der Waals surface area contributed by atoms with E-state index in [1.807, 2.05) is 0 Å². The summed E-state index contributed by atoms with van der Waals surface area (Å²) >= 11 is 1.67. The second-order valence-electron chi connectivity index (χ2n) is 2.76. The largest absolute Gasteiger partial charge is 0.573 e. The first-order valence-electron chi connectivity index (χ1n) is 3.87. The monoisotopic (exact) mass is 347 g/mol. The molecule has 0 aromatic carbocycles. The van der Waals surface area contributed by atoms with Gasteiger partial charge >= 0.3 is 12.3 Å². The summed E-state index contributed by atoms with van der Waals surface area (Å²) in [7, 11) is 0. The van der Waals surface area contributed by atoms with E-state index in [9.17, 15) is 18.0 Å². The van der Waals surface area contributed by atoms with Crippen LogP contribution in [-0.4, -0.2) is 22.4 Å². The van der Waals surface area contributed by atoms with E-state index in [0.29, 0.717) is 0 Å². The van der Waals surface area contributed by atoms with Gasteiger partial charge in [-0.05, 0) is 29.5 Å². The number of pyridine rings is 1. The Morgan fingerprint density at radius 1 is 1.56 bits per heavy atom. The van der Waals surface area contributed by atoms with Gasteiger partial charge < -0.3 is 9.84 Å². The summed E-state index contributed by atoms with van der Waals surface area (Å²) in [6.07, 6.45) is -4.93. The number of carbonyl (C=O) groups is 1. The molecule has 0 saturated heterocycles. The minimum absolute atomic E-state index is 0.0290. The molecular formula is C8H5F3INO3. The average Bonchev–Trinajstić information content (AvgIpc) is 1.96. The Kier molecular flexibility index (Phi) is 3.61. The Balaban J connectivity index is 3.30. The first kappa shape index (κ1) is 13.0. The van der Waals surface area contributed by atoms with Crippen molar-refractivity contribution in [3.05, 3.63) is 21.0 Å². The van der Waals surface area contributed by atoms with Crippen molar-refractivity contribution in [2.45, 2.75) is 13.3 Å². The van der Waals surface area contributed by atoms with Crippen molar-refractivity contribution >= 4 is 28.6 Å². The molecule has 0 aliphatic rings. The summed E-state index contributed by atoms with van der Waals surface area (Å²) in [5.41, 5.74) is -0.614. The lowest BCUT2D eigenvalue weighted by molar-refractivity contribution is -0.274. The molecule has 0 saturated carbocycles. The number of aromatic nitrogens is 1. The average molecular weight is 347 g/mol. The highest BCUT2D eigenvalue weighted by Gasteiger charge is 2.33. The first-order chi connectivity index (χ1) is 7.20. The number of aryl methyl sites for hydroxylation is 1. The molecule has 1 aromatic heterocycles. The molecule has 0 unspecified atom stereocenters. The van der Waals surface area contributed by atoms with Crippen LogP contribution in [0.3, 0.4) is 0 Å². The lowest BCUT2D eigenvalue weighted by Gasteiger charge is -2.12. The van der Waals surface area contributed by atoms with Gasteiger partial charge in [0.05, 0.1) is 5.69 Å². The molecule has 0 atom stereocenters. The van der Waals surface area contributed by atoms with Gasteiger partial charge in [-0.1, -0.05) is 0 Å². The number of halogens is 4. The molecule has 1 aromatic rings. The van der Waals surface area contributed by atoms with Crippen LogP contribution in [0, 0.1) is 10.6 Å². The highest BCUT2D eigenvalue weighted by atomic mass is 127. The van der Waals surface area contributed by atoms with E-state index in [0.717, 1.165) is 6.07 Å². The molecule has 1 rings (SSSR count). The number of nitrogens with zero attached hydrogens (tertiary/aromatic N) is 1. The maximum atomic E-state index is 12.0. The summed E-state index contributed by atoms with van der Waals surface area (Å²) in [5, 5.41) is 8.74. The van der Waals surface area contributed by atoms with Crippen molar-refractivity contribution in [2.24, 2.45) is 0 Å². The molecule has 0 aliphatic carbocycles. The number of rotatable bonds is 2. The van der Waals surface area contributed by atoms with Crippen molar-refractivity contribution in [1.82, 2.24) is 4.98 Å². The quantitative estimate of drug-likeness (QED) is 0.660. The van der Waals surface area contributed by atoms with Crippen LogP contribution in [0.2, 0.25) is 0 Å². The number of carboxylic acids is 1. The summed E-state index contributed by atoms with van der Waals surface area (Å²) in [4.78, 5) is 14.5. The summed E-state index contributed by atoms with van der Waals surface area (Å²) in [6, 6.07) is 0.921. The second kappa shape index (κ2) is 4.44. The van der Waals surface area contributed by atoms with Gasteiger partial charge in [0.25, 0.3) is 0 Å². The zero-order valence-electron chi connectivity index (χ0n) is 7.80. The SMILES string of the molecule is Cc1nc(I)cc(OC(F)(F)F)c1C(=O)O. The smallest absolute Gasteiger partial charge is 0.477 e. The minimum Gasteiger partial charge on any atom is -0.477 e. The Labute approximate surface area is 102 Å². The molecule has 8 heteroatoms. The predicted molar refractivity (Wildman–Crippen MR) is 55.3 cm³/mol. The number of hydrogen-bond acceptors (Lipinski definition) is 3. The Hall–Kier alpha value is -1.06. The van der Waals surface area contributed by atoms with E-state index in [2.05, 4.69) is 9.72 Å². The number of ether oxygens (including phenoxy) is 1. The minimum atomic E-state index is -4.93. The van der Waals surface area contributed by atoms with Gasteiger partial charge in [0.2, 0.25) is 0 Å². The first-order valence-corrected chi connectivity index (χ1v) is 4.95. The summed E-state index contributed by atoms with van der Waals surface area (Å²) in [5.74, 6) is -2.27. The molecule has 88 valence electrons. The third-order valence-corrected chi connectivity index (χ3v) is 2.13. The molecule has 0 radical (unpaired) electrons. The van der Waals surface area contributed by atoms with Crippen LogP contribution in [0.25, 0.3) is 0 Å². The summed E-state index contributed by atoms with van der Waals surface area (Å²) < 4.78 is 39.9. The zero-order valence-corrected chi connectivity index (χ0v) is 9.96. The number of hydrogen-bond donors (Lipinski definition) is 1. The van der Waals surface area contributed by atoms with E-state index < -0.39 is 23.6 Å². The third kappa shape index (κ3) is 3.22. The van der Waals surface area contributed by atoms with E-state index in [1.165, 1.54) is 6.92 Å².